The molecule has 3 rings (SSSR count). The van der Waals surface area contributed by atoms with E-state index in [2.05, 4.69) is 10.5 Å². The normalized spacial score (nSPS) is 17.5. The van der Waals surface area contributed by atoms with Gasteiger partial charge in [-0.05, 0) is 35.7 Å². The Kier molecular flexibility index (Phi) is 4.90. The van der Waals surface area contributed by atoms with Crippen LogP contribution in [0.2, 0.25) is 0 Å². The predicted octanol–water partition coefficient (Wildman–Crippen LogP) is 2.26. The SMILES string of the molecule is COc1ccc(N2C[C@@H](C(=O)N/N=C\c3cccs3)CC2=O)cc1. The van der Waals surface area contributed by atoms with Gasteiger partial charge in [0.2, 0.25) is 11.8 Å². The standard InChI is InChI=1S/C17H17N3O3S/c1-23-14-6-4-13(5-7-14)20-11-12(9-16(20)21)17(22)19-18-10-15-3-2-8-24-15/h2-8,10,12H,9,11H2,1H3,(H,19,22)/b18-10-/t12-/m0/s1. The van der Waals surface area contributed by atoms with Crippen LogP contribution < -0.4 is 15.1 Å². The van der Waals surface area contributed by atoms with E-state index in [1.54, 1.807) is 30.4 Å². The lowest BCUT2D eigenvalue weighted by molar-refractivity contribution is -0.126. The fourth-order valence-corrected chi connectivity index (χ4v) is 3.10. The van der Waals surface area contributed by atoms with E-state index in [-0.39, 0.29) is 18.2 Å². The van der Waals surface area contributed by atoms with E-state index < -0.39 is 5.92 Å². The Morgan fingerprint density at radius 3 is 2.83 bits per heavy atom. The first-order valence-corrected chi connectivity index (χ1v) is 8.36. The van der Waals surface area contributed by atoms with Crippen LogP contribution in [0.4, 0.5) is 5.69 Å². The van der Waals surface area contributed by atoms with Gasteiger partial charge < -0.3 is 9.64 Å². The summed E-state index contributed by atoms with van der Waals surface area (Å²) < 4.78 is 5.11. The third-order valence-corrected chi connectivity index (χ3v) is 4.60. The van der Waals surface area contributed by atoms with Crippen LogP contribution in [0.3, 0.4) is 0 Å². The Bertz CT molecular complexity index is 741. The molecule has 2 amide bonds. The molecule has 1 aliphatic heterocycles. The Labute approximate surface area is 143 Å². The Morgan fingerprint density at radius 2 is 2.17 bits per heavy atom. The molecule has 1 saturated heterocycles. The van der Waals surface area contributed by atoms with Crippen LogP contribution in [0.25, 0.3) is 0 Å². The minimum Gasteiger partial charge on any atom is -0.497 e. The highest BCUT2D eigenvalue weighted by atomic mass is 32.1. The number of ether oxygens (including phenoxy) is 1. The van der Waals surface area contributed by atoms with E-state index in [1.807, 2.05) is 29.6 Å². The average molecular weight is 343 g/mol. The second-order valence-electron chi connectivity index (χ2n) is 5.35. The molecule has 1 atom stereocenters. The van der Waals surface area contributed by atoms with Gasteiger partial charge in [0.05, 0.1) is 19.2 Å². The molecule has 1 aliphatic rings. The highest BCUT2D eigenvalue weighted by Crippen LogP contribution is 2.26. The summed E-state index contributed by atoms with van der Waals surface area (Å²) in [6.45, 7) is 0.353. The number of hydrazone groups is 1. The zero-order chi connectivity index (χ0) is 16.9. The molecule has 24 heavy (non-hydrogen) atoms. The zero-order valence-electron chi connectivity index (χ0n) is 13.1. The smallest absolute Gasteiger partial charge is 0.245 e. The lowest BCUT2D eigenvalue weighted by atomic mass is 10.1. The molecule has 1 aromatic carbocycles. The van der Waals surface area contributed by atoms with Crippen LogP contribution in [0.1, 0.15) is 11.3 Å². The van der Waals surface area contributed by atoms with Crippen molar-refractivity contribution in [1.82, 2.24) is 5.43 Å². The molecule has 0 radical (unpaired) electrons. The summed E-state index contributed by atoms with van der Waals surface area (Å²) in [5.74, 6) is 0.0115. The van der Waals surface area contributed by atoms with Gasteiger partial charge in [-0.3, -0.25) is 9.59 Å². The molecule has 2 heterocycles. The molecular weight excluding hydrogens is 326 g/mol. The fourth-order valence-electron chi connectivity index (χ4n) is 2.51. The van der Waals surface area contributed by atoms with Gasteiger partial charge >= 0.3 is 0 Å². The van der Waals surface area contributed by atoms with E-state index in [0.717, 1.165) is 16.3 Å². The number of nitrogens with one attached hydrogen (secondary N) is 1. The first-order chi connectivity index (χ1) is 11.7. The fraction of sp³-hybridized carbons (Fsp3) is 0.235. The van der Waals surface area contributed by atoms with Crippen LogP contribution in [0, 0.1) is 5.92 Å². The maximum atomic E-state index is 12.2. The first kappa shape index (κ1) is 16.2. The minimum absolute atomic E-state index is 0.0671. The highest BCUT2D eigenvalue weighted by molar-refractivity contribution is 7.11. The number of methoxy groups -OCH3 is 1. The minimum atomic E-state index is -0.403. The molecule has 0 aliphatic carbocycles. The summed E-state index contributed by atoms with van der Waals surface area (Å²) in [7, 11) is 1.59. The van der Waals surface area contributed by atoms with Gasteiger partial charge in [0, 0.05) is 23.5 Å². The van der Waals surface area contributed by atoms with Crippen LogP contribution in [0.15, 0.2) is 46.9 Å². The monoisotopic (exact) mass is 343 g/mol. The number of thiophene rings is 1. The Balaban J connectivity index is 1.60. The number of benzene rings is 1. The molecule has 1 N–H and O–H groups in total. The van der Waals surface area contributed by atoms with Gasteiger partial charge in [0.1, 0.15) is 5.75 Å². The summed E-state index contributed by atoms with van der Waals surface area (Å²) in [5.41, 5.74) is 3.27. The topological polar surface area (TPSA) is 71.0 Å². The van der Waals surface area contributed by atoms with Gasteiger partial charge in [-0.1, -0.05) is 6.07 Å². The van der Waals surface area contributed by atoms with E-state index in [1.165, 1.54) is 11.3 Å². The number of carbonyl (C=O) groups excluding carboxylic acids is 2. The Hall–Kier alpha value is -2.67. The third kappa shape index (κ3) is 3.62. The molecule has 124 valence electrons. The average Bonchev–Trinajstić information content (AvgIpc) is 3.24. The molecule has 2 aromatic rings. The molecule has 1 fully saturated rings. The number of amides is 2. The second-order valence-corrected chi connectivity index (χ2v) is 6.33. The highest BCUT2D eigenvalue weighted by Gasteiger charge is 2.35. The summed E-state index contributed by atoms with van der Waals surface area (Å²) in [6, 6.07) is 11.0. The Morgan fingerprint density at radius 1 is 1.38 bits per heavy atom. The second kappa shape index (κ2) is 7.27. The van der Waals surface area contributed by atoms with Gasteiger partial charge in [-0.2, -0.15) is 5.10 Å². The number of hydrogen-bond acceptors (Lipinski definition) is 5. The third-order valence-electron chi connectivity index (χ3n) is 3.79. The number of rotatable bonds is 5. The first-order valence-electron chi connectivity index (χ1n) is 7.48. The van der Waals surface area contributed by atoms with Crippen LogP contribution in [-0.4, -0.2) is 31.7 Å². The number of hydrogen-bond donors (Lipinski definition) is 1. The summed E-state index contributed by atoms with van der Waals surface area (Å²) in [6.07, 6.45) is 1.78. The van der Waals surface area contributed by atoms with Crippen molar-refractivity contribution < 1.29 is 14.3 Å². The quantitative estimate of drug-likeness (QED) is 0.669. The molecule has 0 bridgehead atoms. The van der Waals surface area contributed by atoms with Crippen molar-refractivity contribution in [3.63, 3.8) is 0 Å². The van der Waals surface area contributed by atoms with Crippen molar-refractivity contribution in [3.8, 4) is 5.75 Å². The van der Waals surface area contributed by atoms with Crippen LogP contribution >= 0.6 is 11.3 Å². The number of carbonyl (C=O) groups is 2. The molecule has 0 unspecified atom stereocenters. The molecule has 0 spiro atoms. The largest absolute Gasteiger partial charge is 0.497 e. The van der Waals surface area contributed by atoms with Crippen LogP contribution in [-0.2, 0) is 9.59 Å². The van der Waals surface area contributed by atoms with Crippen LogP contribution in [0.5, 0.6) is 5.75 Å². The van der Waals surface area contributed by atoms with Crippen molar-refractivity contribution in [1.29, 1.82) is 0 Å². The summed E-state index contributed by atoms with van der Waals surface area (Å²) in [5, 5.41) is 5.88. The zero-order valence-corrected chi connectivity index (χ0v) is 14.0. The lowest BCUT2D eigenvalue weighted by Gasteiger charge is -2.16. The van der Waals surface area contributed by atoms with Crippen molar-refractivity contribution in [2.75, 3.05) is 18.6 Å². The maximum Gasteiger partial charge on any atom is 0.245 e. The van der Waals surface area contributed by atoms with Gasteiger partial charge in [-0.25, -0.2) is 5.43 Å². The molecule has 0 saturated carbocycles. The molecule has 1 aromatic heterocycles. The van der Waals surface area contributed by atoms with E-state index in [0.29, 0.717) is 6.54 Å². The molecular formula is C17H17N3O3S. The maximum absolute atomic E-state index is 12.2. The molecule has 7 heteroatoms. The van der Waals surface area contributed by atoms with E-state index in [9.17, 15) is 9.59 Å². The van der Waals surface area contributed by atoms with Gasteiger partial charge in [-0.15, -0.1) is 11.3 Å². The van der Waals surface area contributed by atoms with Crippen molar-refractivity contribution in [2.45, 2.75) is 6.42 Å². The van der Waals surface area contributed by atoms with Crippen molar-refractivity contribution in [2.24, 2.45) is 11.0 Å². The van der Waals surface area contributed by atoms with Crippen molar-refractivity contribution in [3.05, 3.63) is 46.7 Å². The summed E-state index contributed by atoms with van der Waals surface area (Å²) in [4.78, 5) is 26.9. The molecule has 6 nitrogen and oxygen atoms in total. The van der Waals surface area contributed by atoms with E-state index in [4.69, 9.17) is 4.74 Å². The van der Waals surface area contributed by atoms with Crippen molar-refractivity contribution >= 4 is 35.1 Å². The predicted molar refractivity (Wildman–Crippen MR) is 93.5 cm³/mol. The van der Waals surface area contributed by atoms with Gasteiger partial charge in [0.25, 0.3) is 0 Å². The van der Waals surface area contributed by atoms with Gasteiger partial charge in [0.15, 0.2) is 0 Å². The van der Waals surface area contributed by atoms with E-state index >= 15 is 0 Å². The summed E-state index contributed by atoms with van der Waals surface area (Å²) >= 11 is 1.53. The number of nitrogens with zero attached hydrogens (tertiary/aromatic N) is 2. The number of anilines is 1. The lowest BCUT2D eigenvalue weighted by Crippen LogP contribution is -2.30.